The molecule has 0 aromatic carbocycles. The number of carbonyl (C=O) groups excluding carboxylic acids is 1. The number of carbonyl (C=O) groups is 2. The second-order valence-electron chi connectivity index (χ2n) is 2.80. The fraction of sp³-hybridized carbons (Fsp3) is 0.500. The number of aliphatic carboxylic acids is 1. The van der Waals surface area contributed by atoms with E-state index >= 15 is 0 Å². The highest BCUT2D eigenvalue weighted by atomic mass is 16.5. The molecule has 1 heterocycles. The highest BCUT2D eigenvalue weighted by Crippen LogP contribution is 2.09. The zero-order valence-electron chi connectivity index (χ0n) is 8.38. The first-order valence-corrected chi connectivity index (χ1v) is 4.32. The SMILES string of the molecule is CCC(C(=O)O)n1cnc(C(=O)OC)n1. The number of carboxylic acids is 1. The normalized spacial score (nSPS) is 12.1. The van der Waals surface area contributed by atoms with Gasteiger partial charge >= 0.3 is 11.9 Å². The lowest BCUT2D eigenvalue weighted by atomic mass is 10.2. The zero-order valence-corrected chi connectivity index (χ0v) is 8.38. The van der Waals surface area contributed by atoms with Crippen LogP contribution in [0.4, 0.5) is 0 Å². The van der Waals surface area contributed by atoms with Gasteiger partial charge in [0.25, 0.3) is 5.82 Å². The van der Waals surface area contributed by atoms with Gasteiger partial charge in [0.1, 0.15) is 6.33 Å². The number of ether oxygens (including phenoxy) is 1. The first-order valence-electron chi connectivity index (χ1n) is 4.32. The van der Waals surface area contributed by atoms with Crippen LogP contribution in [-0.2, 0) is 9.53 Å². The predicted octanol–water partition coefficient (Wildman–Crippen LogP) is 0.100. The first-order chi connectivity index (χ1) is 7.10. The van der Waals surface area contributed by atoms with Crippen molar-refractivity contribution in [2.75, 3.05) is 7.11 Å². The Balaban J connectivity index is 2.92. The maximum atomic E-state index is 11.0. The van der Waals surface area contributed by atoms with Crippen LogP contribution in [0.15, 0.2) is 6.33 Å². The van der Waals surface area contributed by atoms with Crippen molar-refractivity contribution in [2.24, 2.45) is 0 Å². The van der Waals surface area contributed by atoms with Gasteiger partial charge in [0.2, 0.25) is 0 Å². The van der Waals surface area contributed by atoms with Crippen molar-refractivity contribution in [3.05, 3.63) is 12.2 Å². The minimum Gasteiger partial charge on any atom is -0.480 e. The standard InChI is InChI=1S/C8H11N3O4/c1-3-5(7(12)13)11-4-9-6(10-11)8(14)15-2/h4-5H,3H2,1-2H3,(H,12,13). The van der Waals surface area contributed by atoms with Gasteiger partial charge < -0.3 is 9.84 Å². The summed E-state index contributed by atoms with van der Waals surface area (Å²) in [6, 6.07) is -0.809. The summed E-state index contributed by atoms with van der Waals surface area (Å²) < 4.78 is 5.53. The molecule has 0 spiro atoms. The van der Waals surface area contributed by atoms with E-state index in [0.717, 1.165) is 4.68 Å². The molecule has 0 saturated heterocycles. The first kappa shape index (κ1) is 11.2. The Hall–Kier alpha value is -1.92. The number of hydrogen-bond acceptors (Lipinski definition) is 5. The molecule has 0 fully saturated rings. The fourth-order valence-corrected chi connectivity index (χ4v) is 1.08. The van der Waals surface area contributed by atoms with Crippen molar-refractivity contribution in [3.63, 3.8) is 0 Å². The lowest BCUT2D eigenvalue weighted by Gasteiger charge is -2.08. The molecule has 82 valence electrons. The lowest BCUT2D eigenvalue weighted by molar-refractivity contribution is -0.141. The van der Waals surface area contributed by atoms with Crippen molar-refractivity contribution >= 4 is 11.9 Å². The third-order valence-electron chi connectivity index (χ3n) is 1.87. The Morgan fingerprint density at radius 3 is 2.80 bits per heavy atom. The fourth-order valence-electron chi connectivity index (χ4n) is 1.08. The van der Waals surface area contributed by atoms with Gasteiger partial charge in [-0.1, -0.05) is 6.92 Å². The van der Waals surface area contributed by atoms with Crippen molar-refractivity contribution in [2.45, 2.75) is 19.4 Å². The summed E-state index contributed by atoms with van der Waals surface area (Å²) in [6.07, 6.45) is 1.56. The molecule has 1 aromatic rings. The average molecular weight is 213 g/mol. The highest BCUT2D eigenvalue weighted by molar-refractivity contribution is 5.84. The van der Waals surface area contributed by atoms with E-state index in [0.29, 0.717) is 6.42 Å². The number of aromatic nitrogens is 3. The molecule has 0 aliphatic rings. The predicted molar refractivity (Wildman–Crippen MR) is 48.3 cm³/mol. The van der Waals surface area contributed by atoms with Gasteiger partial charge in [-0.05, 0) is 6.42 Å². The van der Waals surface area contributed by atoms with Crippen molar-refractivity contribution < 1.29 is 19.4 Å². The summed E-state index contributed by atoms with van der Waals surface area (Å²) in [7, 11) is 1.21. The van der Waals surface area contributed by atoms with Crippen molar-refractivity contribution in [3.8, 4) is 0 Å². The Morgan fingerprint density at radius 1 is 1.67 bits per heavy atom. The topological polar surface area (TPSA) is 94.3 Å². The van der Waals surface area contributed by atoms with Gasteiger partial charge in [0, 0.05) is 0 Å². The van der Waals surface area contributed by atoms with E-state index in [9.17, 15) is 9.59 Å². The van der Waals surface area contributed by atoms with Gasteiger partial charge in [0.15, 0.2) is 6.04 Å². The van der Waals surface area contributed by atoms with Gasteiger partial charge in [-0.3, -0.25) is 0 Å². The smallest absolute Gasteiger partial charge is 0.377 e. The monoisotopic (exact) mass is 213 g/mol. The molecular weight excluding hydrogens is 202 g/mol. The summed E-state index contributed by atoms with van der Waals surface area (Å²) in [5, 5.41) is 12.6. The number of hydrogen-bond donors (Lipinski definition) is 1. The van der Waals surface area contributed by atoms with E-state index in [-0.39, 0.29) is 5.82 Å². The number of esters is 1. The van der Waals surface area contributed by atoms with Crippen LogP contribution in [0, 0.1) is 0 Å². The molecule has 0 aliphatic carbocycles. The molecule has 7 nitrogen and oxygen atoms in total. The van der Waals surface area contributed by atoms with Gasteiger partial charge in [0.05, 0.1) is 7.11 Å². The van der Waals surface area contributed by atoms with Crippen LogP contribution in [-0.4, -0.2) is 38.9 Å². The Kier molecular flexibility index (Phi) is 3.37. The highest BCUT2D eigenvalue weighted by Gasteiger charge is 2.20. The summed E-state index contributed by atoms with van der Waals surface area (Å²) in [6.45, 7) is 1.71. The molecule has 1 unspecified atom stereocenters. The third-order valence-corrected chi connectivity index (χ3v) is 1.87. The molecule has 1 atom stereocenters. The van der Waals surface area contributed by atoms with Crippen molar-refractivity contribution in [1.29, 1.82) is 0 Å². The Bertz CT molecular complexity index is 374. The minimum absolute atomic E-state index is 0.141. The second kappa shape index (κ2) is 4.54. The van der Waals surface area contributed by atoms with Gasteiger partial charge in [-0.2, -0.15) is 0 Å². The Labute approximate surface area is 85.7 Å². The molecule has 1 N–H and O–H groups in total. The van der Waals surface area contributed by atoms with Crippen LogP contribution in [0.3, 0.4) is 0 Å². The summed E-state index contributed by atoms with van der Waals surface area (Å²) in [4.78, 5) is 25.4. The van der Waals surface area contributed by atoms with Crippen LogP contribution >= 0.6 is 0 Å². The maximum absolute atomic E-state index is 11.0. The van der Waals surface area contributed by atoms with E-state index in [1.807, 2.05) is 0 Å². The number of methoxy groups -OCH3 is 1. The molecule has 1 aromatic heterocycles. The quantitative estimate of drug-likeness (QED) is 0.713. The third kappa shape index (κ3) is 2.30. The zero-order chi connectivity index (χ0) is 11.4. The summed E-state index contributed by atoms with van der Waals surface area (Å²) in [5.74, 6) is -1.84. The van der Waals surface area contributed by atoms with Gasteiger partial charge in [-0.25, -0.2) is 19.3 Å². The van der Waals surface area contributed by atoms with Gasteiger partial charge in [-0.15, -0.1) is 5.10 Å². The van der Waals surface area contributed by atoms with Crippen LogP contribution in [0.25, 0.3) is 0 Å². The molecule has 0 radical (unpaired) electrons. The summed E-state index contributed by atoms with van der Waals surface area (Å²) >= 11 is 0. The molecule has 0 aliphatic heterocycles. The molecular formula is C8H11N3O4. The Morgan fingerprint density at radius 2 is 2.33 bits per heavy atom. The largest absolute Gasteiger partial charge is 0.480 e. The molecule has 0 bridgehead atoms. The number of carboxylic acid groups (broad SMARTS) is 1. The van der Waals surface area contributed by atoms with Crippen LogP contribution in [0.1, 0.15) is 30.0 Å². The van der Waals surface area contributed by atoms with E-state index in [4.69, 9.17) is 5.11 Å². The van der Waals surface area contributed by atoms with Crippen LogP contribution in [0.5, 0.6) is 0 Å². The number of rotatable bonds is 4. The van der Waals surface area contributed by atoms with E-state index in [1.165, 1.54) is 13.4 Å². The molecule has 7 heteroatoms. The van der Waals surface area contributed by atoms with Crippen LogP contribution < -0.4 is 0 Å². The molecule has 1 rings (SSSR count). The van der Waals surface area contributed by atoms with E-state index < -0.39 is 18.0 Å². The average Bonchev–Trinajstić information content (AvgIpc) is 2.66. The molecule has 0 amide bonds. The number of nitrogens with zero attached hydrogens (tertiary/aromatic N) is 3. The van der Waals surface area contributed by atoms with E-state index in [2.05, 4.69) is 14.8 Å². The van der Waals surface area contributed by atoms with Crippen LogP contribution in [0.2, 0.25) is 0 Å². The maximum Gasteiger partial charge on any atom is 0.377 e. The van der Waals surface area contributed by atoms with E-state index in [1.54, 1.807) is 6.92 Å². The second-order valence-corrected chi connectivity index (χ2v) is 2.80. The van der Waals surface area contributed by atoms with Crippen molar-refractivity contribution in [1.82, 2.24) is 14.8 Å². The summed E-state index contributed by atoms with van der Waals surface area (Å²) in [5.41, 5.74) is 0. The minimum atomic E-state index is -1.01. The lowest BCUT2D eigenvalue weighted by Crippen LogP contribution is -2.19. The molecule has 0 saturated carbocycles. The molecule has 15 heavy (non-hydrogen) atoms.